The molecule has 0 aliphatic heterocycles. The molecule has 2 rings (SSSR count). The summed E-state index contributed by atoms with van der Waals surface area (Å²) in [6.45, 7) is 0. The Morgan fingerprint density at radius 2 is 2.00 bits per heavy atom. The molecule has 0 saturated heterocycles. The van der Waals surface area contributed by atoms with Crippen molar-refractivity contribution >= 4 is 50.2 Å². The van der Waals surface area contributed by atoms with Gasteiger partial charge in [0.1, 0.15) is 5.82 Å². The van der Waals surface area contributed by atoms with Gasteiger partial charge in [0.25, 0.3) is 5.91 Å². The monoisotopic (exact) mass is 348 g/mol. The highest BCUT2D eigenvalue weighted by molar-refractivity contribution is 7.92. The number of halogens is 2. The van der Waals surface area contributed by atoms with E-state index in [9.17, 15) is 17.6 Å². The molecule has 2 N–H and O–H groups in total. The van der Waals surface area contributed by atoms with Gasteiger partial charge in [-0.1, -0.05) is 11.6 Å². The first kappa shape index (κ1) is 15.7. The van der Waals surface area contributed by atoms with Crippen LogP contribution in [-0.2, 0) is 10.0 Å². The van der Waals surface area contributed by atoms with Crippen molar-refractivity contribution in [1.82, 2.24) is 0 Å². The van der Waals surface area contributed by atoms with Crippen LogP contribution in [0.15, 0.2) is 30.3 Å². The van der Waals surface area contributed by atoms with Gasteiger partial charge in [-0.3, -0.25) is 9.52 Å². The Kier molecular flexibility index (Phi) is 4.50. The maximum Gasteiger partial charge on any atom is 0.265 e. The number of carbonyl (C=O) groups is 1. The highest BCUT2D eigenvalue weighted by Crippen LogP contribution is 2.24. The van der Waals surface area contributed by atoms with E-state index >= 15 is 0 Å². The fraction of sp³-hybridized carbons (Fsp3) is 0.0833. The Bertz CT molecular complexity index is 790. The van der Waals surface area contributed by atoms with E-state index in [4.69, 9.17) is 11.6 Å². The number of carbonyl (C=O) groups excluding carboxylic acids is 1. The van der Waals surface area contributed by atoms with E-state index in [0.29, 0.717) is 9.21 Å². The summed E-state index contributed by atoms with van der Waals surface area (Å²) < 4.78 is 38.3. The number of amides is 1. The highest BCUT2D eigenvalue weighted by atomic mass is 35.5. The van der Waals surface area contributed by atoms with Crippen molar-refractivity contribution in [1.29, 1.82) is 0 Å². The van der Waals surface area contributed by atoms with Gasteiger partial charge < -0.3 is 5.32 Å². The molecule has 5 nitrogen and oxygen atoms in total. The number of anilines is 2. The number of hydrogen-bond acceptors (Lipinski definition) is 4. The normalized spacial score (nSPS) is 11.2. The van der Waals surface area contributed by atoms with Crippen LogP contribution in [0.25, 0.3) is 0 Å². The second-order valence-corrected chi connectivity index (χ2v) is 7.59. The highest BCUT2D eigenvalue weighted by Gasteiger charge is 2.12. The van der Waals surface area contributed by atoms with E-state index in [1.165, 1.54) is 12.1 Å². The predicted octanol–water partition coefficient (Wildman–Crippen LogP) is 3.16. The van der Waals surface area contributed by atoms with E-state index in [0.717, 1.165) is 23.7 Å². The zero-order valence-corrected chi connectivity index (χ0v) is 13.1. The average molecular weight is 349 g/mol. The Hall–Kier alpha value is -1.64. The molecule has 112 valence electrons. The van der Waals surface area contributed by atoms with Crippen LogP contribution in [-0.4, -0.2) is 20.6 Å². The van der Waals surface area contributed by atoms with Crippen molar-refractivity contribution in [3.8, 4) is 0 Å². The molecule has 0 atom stereocenters. The molecule has 0 aliphatic rings. The van der Waals surface area contributed by atoms with Crippen LogP contribution >= 0.6 is 22.9 Å². The van der Waals surface area contributed by atoms with Crippen LogP contribution in [0.3, 0.4) is 0 Å². The standard InChI is InChI=1S/C12H10ClFN2O3S2/c1-21(18,19)16-9-6-7(2-3-8(9)14)15-12(17)10-4-5-11(13)20-10/h2-6,16H,1H3,(H,15,17). The number of rotatable bonds is 4. The van der Waals surface area contributed by atoms with E-state index in [2.05, 4.69) is 5.32 Å². The molecule has 1 amide bonds. The lowest BCUT2D eigenvalue weighted by molar-refractivity contribution is 0.103. The van der Waals surface area contributed by atoms with Crippen molar-refractivity contribution in [2.24, 2.45) is 0 Å². The quantitative estimate of drug-likeness (QED) is 0.891. The zero-order chi connectivity index (χ0) is 15.6. The van der Waals surface area contributed by atoms with Gasteiger partial charge >= 0.3 is 0 Å². The summed E-state index contributed by atoms with van der Waals surface area (Å²) in [6.07, 6.45) is 0.908. The molecule has 1 aromatic carbocycles. The molecule has 21 heavy (non-hydrogen) atoms. The fourth-order valence-electron chi connectivity index (χ4n) is 1.51. The molecule has 0 saturated carbocycles. The second-order valence-electron chi connectivity index (χ2n) is 4.13. The topological polar surface area (TPSA) is 75.3 Å². The minimum Gasteiger partial charge on any atom is -0.321 e. The minimum absolute atomic E-state index is 0.237. The molecule has 0 spiro atoms. The molecule has 0 unspecified atom stereocenters. The van der Waals surface area contributed by atoms with Crippen LogP contribution in [0, 0.1) is 5.82 Å². The molecule has 9 heteroatoms. The van der Waals surface area contributed by atoms with Gasteiger partial charge in [0.15, 0.2) is 0 Å². The Morgan fingerprint density at radius 1 is 1.29 bits per heavy atom. The summed E-state index contributed by atoms with van der Waals surface area (Å²) >= 11 is 6.84. The van der Waals surface area contributed by atoms with Gasteiger partial charge in [0, 0.05) is 5.69 Å². The van der Waals surface area contributed by atoms with Crippen molar-refractivity contribution in [3.05, 3.63) is 45.4 Å². The van der Waals surface area contributed by atoms with Gasteiger partial charge in [0.05, 0.1) is 21.2 Å². The number of thiophene rings is 1. The Morgan fingerprint density at radius 3 is 2.57 bits per heavy atom. The number of benzene rings is 1. The van der Waals surface area contributed by atoms with E-state index in [1.54, 1.807) is 12.1 Å². The minimum atomic E-state index is -3.61. The Balaban J connectivity index is 2.21. The number of hydrogen-bond donors (Lipinski definition) is 2. The first-order valence-corrected chi connectivity index (χ1v) is 8.67. The Labute approximate surface area is 129 Å². The van der Waals surface area contributed by atoms with Crippen LogP contribution in [0.5, 0.6) is 0 Å². The molecule has 0 bridgehead atoms. The van der Waals surface area contributed by atoms with Crippen molar-refractivity contribution in [2.45, 2.75) is 0 Å². The average Bonchev–Trinajstić information content (AvgIpc) is 2.78. The van der Waals surface area contributed by atoms with Crippen molar-refractivity contribution < 1.29 is 17.6 Å². The van der Waals surface area contributed by atoms with Crippen LogP contribution < -0.4 is 10.0 Å². The summed E-state index contributed by atoms with van der Waals surface area (Å²) in [5.41, 5.74) is 0.0246. The third-order valence-electron chi connectivity index (χ3n) is 2.32. The van der Waals surface area contributed by atoms with Crippen LogP contribution in [0.4, 0.5) is 15.8 Å². The number of sulfonamides is 1. The molecule has 0 aliphatic carbocycles. The molecular weight excluding hydrogens is 339 g/mol. The maximum absolute atomic E-state index is 13.5. The summed E-state index contributed by atoms with van der Waals surface area (Å²) in [4.78, 5) is 12.3. The van der Waals surface area contributed by atoms with Gasteiger partial charge in [-0.05, 0) is 30.3 Å². The molecule has 1 heterocycles. The third kappa shape index (κ3) is 4.42. The van der Waals surface area contributed by atoms with Crippen LogP contribution in [0.1, 0.15) is 9.67 Å². The predicted molar refractivity (Wildman–Crippen MR) is 82.1 cm³/mol. The van der Waals surface area contributed by atoms with E-state index in [1.807, 2.05) is 4.72 Å². The van der Waals surface area contributed by atoms with Crippen LogP contribution in [0.2, 0.25) is 4.34 Å². The first-order valence-electron chi connectivity index (χ1n) is 5.58. The molecule has 2 aromatic rings. The van der Waals surface area contributed by atoms with E-state index < -0.39 is 21.7 Å². The second kappa shape index (κ2) is 6.00. The molecule has 0 radical (unpaired) electrons. The van der Waals surface area contributed by atoms with Gasteiger partial charge in [-0.2, -0.15) is 0 Å². The first-order chi connectivity index (χ1) is 9.74. The summed E-state index contributed by atoms with van der Waals surface area (Å²) in [5.74, 6) is -1.15. The molecule has 0 fully saturated rings. The fourth-order valence-corrected chi connectivity index (χ4v) is 3.00. The SMILES string of the molecule is CS(=O)(=O)Nc1cc(NC(=O)c2ccc(Cl)s2)ccc1F. The lowest BCUT2D eigenvalue weighted by Gasteiger charge is -2.09. The molecule has 1 aromatic heterocycles. The largest absolute Gasteiger partial charge is 0.321 e. The summed E-state index contributed by atoms with van der Waals surface area (Å²) in [6, 6.07) is 6.73. The van der Waals surface area contributed by atoms with Crippen molar-refractivity contribution in [3.63, 3.8) is 0 Å². The summed E-state index contributed by atoms with van der Waals surface area (Å²) in [7, 11) is -3.61. The van der Waals surface area contributed by atoms with Gasteiger partial charge in [-0.15, -0.1) is 11.3 Å². The van der Waals surface area contributed by atoms with E-state index in [-0.39, 0.29) is 11.4 Å². The maximum atomic E-state index is 13.5. The third-order valence-corrected chi connectivity index (χ3v) is 4.14. The number of nitrogens with one attached hydrogen (secondary N) is 2. The smallest absolute Gasteiger partial charge is 0.265 e. The molecular formula is C12H10ClFN2O3S2. The van der Waals surface area contributed by atoms with Crippen molar-refractivity contribution in [2.75, 3.05) is 16.3 Å². The lowest BCUT2D eigenvalue weighted by atomic mass is 10.2. The van der Waals surface area contributed by atoms with Gasteiger partial charge in [-0.25, -0.2) is 12.8 Å². The summed E-state index contributed by atoms with van der Waals surface area (Å²) in [5, 5.41) is 2.54. The zero-order valence-electron chi connectivity index (χ0n) is 10.7. The lowest BCUT2D eigenvalue weighted by Crippen LogP contribution is -2.13. The van der Waals surface area contributed by atoms with Gasteiger partial charge in [0.2, 0.25) is 10.0 Å².